The van der Waals surface area contributed by atoms with E-state index in [9.17, 15) is 4.79 Å². The Morgan fingerprint density at radius 2 is 2.07 bits per heavy atom. The highest BCUT2D eigenvalue weighted by atomic mass is 35.5. The third-order valence-electron chi connectivity index (χ3n) is 1.52. The second-order valence-electron chi connectivity index (χ2n) is 3.07. The first-order chi connectivity index (χ1) is 6.61. The molecule has 1 rings (SSSR count). The van der Waals surface area contributed by atoms with Crippen LogP contribution in [0.3, 0.4) is 0 Å². The molecule has 0 radical (unpaired) electrons. The first-order valence-corrected chi connectivity index (χ1v) is 5.36. The molecule has 0 saturated carbocycles. The molecule has 76 valence electrons. The first kappa shape index (κ1) is 11.4. The fourth-order valence-electron chi connectivity index (χ4n) is 0.694. The minimum atomic E-state index is -0.241. The lowest BCUT2D eigenvalue weighted by molar-refractivity contribution is -0.136. The molecule has 0 heterocycles. The molecule has 14 heavy (non-hydrogen) atoms. The second-order valence-corrected chi connectivity index (χ2v) is 4.25. The van der Waals surface area contributed by atoms with E-state index in [4.69, 9.17) is 15.8 Å². The lowest BCUT2D eigenvalue weighted by Crippen LogP contribution is -2.06. The lowest BCUT2D eigenvalue weighted by Gasteiger charge is -2.05. The molecule has 0 aliphatic heterocycles. The summed E-state index contributed by atoms with van der Waals surface area (Å²) in [5, 5.41) is 0.592. The normalized spacial score (nSPS) is 10.3. The van der Waals surface area contributed by atoms with Gasteiger partial charge in [0.2, 0.25) is 0 Å². The van der Waals surface area contributed by atoms with Crippen molar-refractivity contribution in [2.24, 2.45) is 5.92 Å². The molecule has 0 atom stereocenters. The number of hydrogen-bond acceptors (Lipinski definition) is 3. The Hall–Kier alpha value is -0.670. The fraction of sp³-hybridized carbons (Fsp3) is 0.300. The van der Waals surface area contributed by atoms with Crippen molar-refractivity contribution >= 4 is 29.6 Å². The van der Waals surface area contributed by atoms with Crippen LogP contribution in [0, 0.1) is 5.92 Å². The van der Waals surface area contributed by atoms with Crippen LogP contribution in [0.4, 0.5) is 0 Å². The van der Waals surface area contributed by atoms with Gasteiger partial charge in [0.25, 0.3) is 0 Å². The maximum atomic E-state index is 11.1. The Kier molecular flexibility index (Phi) is 4.29. The topological polar surface area (TPSA) is 26.3 Å². The van der Waals surface area contributed by atoms with Gasteiger partial charge in [-0.25, -0.2) is 0 Å². The van der Waals surface area contributed by atoms with Crippen molar-refractivity contribution in [3.05, 3.63) is 29.3 Å². The predicted molar refractivity (Wildman–Crippen MR) is 58.2 cm³/mol. The van der Waals surface area contributed by atoms with E-state index in [-0.39, 0.29) is 11.9 Å². The van der Waals surface area contributed by atoms with Gasteiger partial charge in [0.05, 0.1) is 27.9 Å². The van der Waals surface area contributed by atoms with Gasteiger partial charge in [-0.1, -0.05) is 37.6 Å². The molecule has 0 fully saturated rings. The summed E-state index contributed by atoms with van der Waals surface area (Å²) >= 11 is 6.88. The van der Waals surface area contributed by atoms with E-state index >= 15 is 0 Å². The highest BCUT2D eigenvalue weighted by Crippen LogP contribution is 2.27. The van der Waals surface area contributed by atoms with Crippen LogP contribution in [0.5, 0.6) is 0 Å². The average molecular weight is 231 g/mol. The number of hydrogen-bond donors (Lipinski definition) is 0. The van der Waals surface area contributed by atoms with Gasteiger partial charge in [-0.3, -0.25) is 4.79 Å². The van der Waals surface area contributed by atoms with Gasteiger partial charge in [0, 0.05) is 0 Å². The third-order valence-corrected chi connectivity index (χ3v) is 2.75. The van der Waals surface area contributed by atoms with Gasteiger partial charge < -0.3 is 4.18 Å². The third kappa shape index (κ3) is 3.24. The molecule has 0 amide bonds. The minimum Gasteiger partial charge on any atom is -0.386 e. The van der Waals surface area contributed by atoms with E-state index in [1.54, 1.807) is 26.0 Å². The number of halogens is 1. The van der Waals surface area contributed by atoms with Crippen molar-refractivity contribution in [1.82, 2.24) is 0 Å². The zero-order valence-electron chi connectivity index (χ0n) is 7.99. The molecular formula is C10H11ClO2S. The molecule has 1 aromatic carbocycles. The summed E-state index contributed by atoms with van der Waals surface area (Å²) in [7, 11) is 0. The van der Waals surface area contributed by atoms with Gasteiger partial charge in [0.15, 0.2) is 0 Å². The predicted octanol–water partition coefficient (Wildman–Crippen LogP) is 3.55. The van der Waals surface area contributed by atoms with Crippen LogP contribution < -0.4 is 0 Å². The number of rotatable bonds is 3. The number of benzene rings is 1. The molecule has 1 aromatic rings. The van der Waals surface area contributed by atoms with E-state index in [2.05, 4.69) is 0 Å². The summed E-state index contributed by atoms with van der Waals surface area (Å²) in [4.78, 5) is 11.9. The maximum Gasteiger partial charge on any atom is 0.320 e. The van der Waals surface area contributed by atoms with Gasteiger partial charge in [-0.15, -0.1) is 0 Å². The second kappa shape index (κ2) is 5.27. The van der Waals surface area contributed by atoms with Crippen molar-refractivity contribution in [2.75, 3.05) is 0 Å². The van der Waals surface area contributed by atoms with Crippen molar-refractivity contribution < 1.29 is 8.98 Å². The van der Waals surface area contributed by atoms with E-state index in [1.807, 2.05) is 12.1 Å². The van der Waals surface area contributed by atoms with Gasteiger partial charge in [-0.2, -0.15) is 0 Å². The Morgan fingerprint density at radius 3 is 2.64 bits per heavy atom. The summed E-state index contributed by atoms with van der Waals surface area (Å²) in [5.41, 5.74) is 0. The van der Waals surface area contributed by atoms with E-state index < -0.39 is 0 Å². The van der Waals surface area contributed by atoms with E-state index in [1.165, 1.54) is 0 Å². The average Bonchev–Trinajstić information content (AvgIpc) is 2.16. The summed E-state index contributed by atoms with van der Waals surface area (Å²) in [6.45, 7) is 3.57. The molecule has 0 aliphatic carbocycles. The molecular weight excluding hydrogens is 220 g/mol. The Balaban J connectivity index is 2.54. The zero-order chi connectivity index (χ0) is 10.6. The molecule has 0 unspecified atom stereocenters. The van der Waals surface area contributed by atoms with E-state index in [0.717, 1.165) is 16.9 Å². The zero-order valence-corrected chi connectivity index (χ0v) is 9.56. The molecule has 2 nitrogen and oxygen atoms in total. The minimum absolute atomic E-state index is 0.120. The number of carbonyl (C=O) groups is 1. The van der Waals surface area contributed by atoms with Crippen LogP contribution in [0.15, 0.2) is 29.2 Å². The highest BCUT2D eigenvalue weighted by molar-refractivity contribution is 7.95. The van der Waals surface area contributed by atoms with Crippen LogP contribution in [0.25, 0.3) is 0 Å². The SMILES string of the molecule is CC(C)C(=O)OSc1ccccc1Cl. The van der Waals surface area contributed by atoms with Crippen LogP contribution in [-0.4, -0.2) is 5.97 Å². The van der Waals surface area contributed by atoms with Crippen LogP contribution in [-0.2, 0) is 8.98 Å². The molecule has 0 spiro atoms. The van der Waals surface area contributed by atoms with Gasteiger partial charge in [-0.05, 0) is 12.1 Å². The Labute approximate surface area is 92.8 Å². The monoisotopic (exact) mass is 230 g/mol. The number of carbonyl (C=O) groups excluding carboxylic acids is 1. The molecule has 0 N–H and O–H groups in total. The summed E-state index contributed by atoms with van der Waals surface area (Å²) < 4.78 is 4.96. The molecule has 0 saturated heterocycles. The van der Waals surface area contributed by atoms with E-state index in [0.29, 0.717) is 5.02 Å². The lowest BCUT2D eigenvalue weighted by atomic mass is 10.2. The van der Waals surface area contributed by atoms with Crippen molar-refractivity contribution in [3.63, 3.8) is 0 Å². The van der Waals surface area contributed by atoms with Crippen LogP contribution >= 0.6 is 23.6 Å². The molecule has 0 bridgehead atoms. The Bertz CT molecular complexity index is 326. The van der Waals surface area contributed by atoms with Gasteiger partial charge >= 0.3 is 5.97 Å². The summed E-state index contributed by atoms with van der Waals surface area (Å²) in [6.07, 6.45) is 0. The quantitative estimate of drug-likeness (QED) is 0.743. The van der Waals surface area contributed by atoms with Crippen LogP contribution in [0.2, 0.25) is 5.02 Å². The fourth-order valence-corrected chi connectivity index (χ4v) is 1.57. The smallest absolute Gasteiger partial charge is 0.320 e. The van der Waals surface area contributed by atoms with Crippen molar-refractivity contribution in [1.29, 1.82) is 0 Å². The largest absolute Gasteiger partial charge is 0.386 e. The standard InChI is InChI=1S/C10H11ClO2S/c1-7(2)10(12)13-14-9-6-4-3-5-8(9)11/h3-7H,1-2H3. The summed E-state index contributed by atoms with van der Waals surface area (Å²) in [5.74, 6) is -0.361. The Morgan fingerprint density at radius 1 is 1.43 bits per heavy atom. The van der Waals surface area contributed by atoms with Crippen molar-refractivity contribution in [2.45, 2.75) is 18.7 Å². The van der Waals surface area contributed by atoms with Gasteiger partial charge in [0.1, 0.15) is 0 Å². The van der Waals surface area contributed by atoms with Crippen LogP contribution in [0.1, 0.15) is 13.8 Å². The highest BCUT2D eigenvalue weighted by Gasteiger charge is 2.10. The maximum absolute atomic E-state index is 11.1. The first-order valence-electron chi connectivity index (χ1n) is 4.24. The molecule has 4 heteroatoms. The van der Waals surface area contributed by atoms with Crippen molar-refractivity contribution in [3.8, 4) is 0 Å². The molecule has 0 aromatic heterocycles. The summed E-state index contributed by atoms with van der Waals surface area (Å²) in [6, 6.07) is 7.24. The molecule has 0 aliphatic rings.